The molecule has 2 aromatic carbocycles. The molecule has 0 heterocycles. The maximum Gasteiger partial charge on any atom is 0.200 e. The Hall–Kier alpha value is -2.16. The lowest BCUT2D eigenvalue weighted by Gasteiger charge is -2.11. The number of benzene rings is 2. The third kappa shape index (κ3) is 1.80. The van der Waals surface area contributed by atoms with E-state index >= 15 is 0 Å². The smallest absolute Gasteiger partial charge is 0.200 e. The van der Waals surface area contributed by atoms with Gasteiger partial charge in [-0.2, -0.15) is 0 Å². The van der Waals surface area contributed by atoms with Crippen molar-refractivity contribution < 1.29 is 15.3 Å². The molecule has 0 saturated heterocycles. The second-order valence-electron chi connectivity index (χ2n) is 4.08. The number of hydrogen-bond acceptors (Lipinski definition) is 3. The molecule has 0 saturated carbocycles. The van der Waals surface area contributed by atoms with Crippen LogP contribution < -0.4 is 0 Å². The van der Waals surface area contributed by atoms with Crippen LogP contribution in [0.2, 0.25) is 0 Å². The molecule has 88 valence electrons. The van der Waals surface area contributed by atoms with E-state index in [0.717, 1.165) is 16.7 Å². The molecule has 0 aliphatic rings. The fourth-order valence-electron chi connectivity index (χ4n) is 1.83. The van der Waals surface area contributed by atoms with Crippen LogP contribution in [0.4, 0.5) is 0 Å². The Morgan fingerprint density at radius 2 is 1.47 bits per heavy atom. The zero-order chi connectivity index (χ0) is 12.6. The minimum absolute atomic E-state index is 0.293. The molecule has 0 aromatic heterocycles. The fraction of sp³-hybridized carbons (Fsp3) is 0.143. The summed E-state index contributed by atoms with van der Waals surface area (Å²) in [6.45, 7) is 3.93. The molecule has 3 N–H and O–H groups in total. The largest absolute Gasteiger partial charge is 0.504 e. The molecule has 0 unspecified atom stereocenters. The number of aryl methyl sites for hydroxylation is 1. The quantitative estimate of drug-likeness (QED) is 0.660. The van der Waals surface area contributed by atoms with Crippen LogP contribution in [0.5, 0.6) is 17.2 Å². The predicted molar refractivity (Wildman–Crippen MR) is 66.3 cm³/mol. The lowest BCUT2D eigenvalue weighted by molar-refractivity contribution is 0.369. The summed E-state index contributed by atoms with van der Waals surface area (Å²) in [5, 5.41) is 28.6. The first-order valence-corrected chi connectivity index (χ1v) is 5.33. The number of phenols is 3. The van der Waals surface area contributed by atoms with Gasteiger partial charge >= 0.3 is 0 Å². The highest BCUT2D eigenvalue weighted by Gasteiger charge is 2.14. The molecule has 2 rings (SSSR count). The van der Waals surface area contributed by atoms with Gasteiger partial charge < -0.3 is 15.3 Å². The highest BCUT2D eigenvalue weighted by Crippen LogP contribution is 2.43. The molecule has 3 heteroatoms. The third-order valence-corrected chi connectivity index (χ3v) is 3.02. The van der Waals surface area contributed by atoms with Gasteiger partial charge in [0.2, 0.25) is 5.75 Å². The van der Waals surface area contributed by atoms with Crippen LogP contribution in [0.3, 0.4) is 0 Å². The maximum absolute atomic E-state index is 9.84. The van der Waals surface area contributed by atoms with Crippen molar-refractivity contribution in [3.05, 3.63) is 41.5 Å². The zero-order valence-corrected chi connectivity index (χ0v) is 9.73. The summed E-state index contributed by atoms with van der Waals surface area (Å²) >= 11 is 0. The highest BCUT2D eigenvalue weighted by atomic mass is 16.3. The van der Waals surface area contributed by atoms with E-state index < -0.39 is 5.75 Å². The van der Waals surface area contributed by atoms with Gasteiger partial charge in [-0.1, -0.05) is 18.2 Å². The highest BCUT2D eigenvalue weighted by molar-refractivity contribution is 5.77. The standard InChI is InChI=1S/C14H14O3/c1-8-4-3-5-10(9(8)2)11-6-7-12(15)14(17)13(11)16/h3-7,15-17H,1-2H3. The molecule has 0 fully saturated rings. The van der Waals surface area contributed by atoms with E-state index in [2.05, 4.69) is 0 Å². The van der Waals surface area contributed by atoms with Gasteiger partial charge in [0.1, 0.15) is 0 Å². The van der Waals surface area contributed by atoms with Crippen molar-refractivity contribution in [2.24, 2.45) is 0 Å². The Kier molecular flexibility index (Phi) is 2.68. The Balaban J connectivity index is 2.69. The monoisotopic (exact) mass is 230 g/mol. The van der Waals surface area contributed by atoms with E-state index in [1.165, 1.54) is 6.07 Å². The lowest BCUT2D eigenvalue weighted by Crippen LogP contribution is -1.87. The minimum Gasteiger partial charge on any atom is -0.504 e. The van der Waals surface area contributed by atoms with Crippen molar-refractivity contribution in [2.45, 2.75) is 13.8 Å². The zero-order valence-electron chi connectivity index (χ0n) is 9.73. The van der Waals surface area contributed by atoms with Crippen LogP contribution in [-0.4, -0.2) is 15.3 Å². The van der Waals surface area contributed by atoms with Gasteiger partial charge in [-0.15, -0.1) is 0 Å². The van der Waals surface area contributed by atoms with Gasteiger partial charge in [-0.3, -0.25) is 0 Å². The number of rotatable bonds is 1. The first-order valence-electron chi connectivity index (χ1n) is 5.33. The van der Waals surface area contributed by atoms with E-state index in [0.29, 0.717) is 5.56 Å². The SMILES string of the molecule is Cc1cccc(-c2ccc(O)c(O)c2O)c1C. The second-order valence-corrected chi connectivity index (χ2v) is 4.08. The average Bonchev–Trinajstić information content (AvgIpc) is 2.31. The van der Waals surface area contributed by atoms with Crippen LogP contribution in [0.1, 0.15) is 11.1 Å². The van der Waals surface area contributed by atoms with E-state index in [4.69, 9.17) is 0 Å². The summed E-state index contributed by atoms with van der Waals surface area (Å²) < 4.78 is 0. The molecule has 3 nitrogen and oxygen atoms in total. The van der Waals surface area contributed by atoms with Crippen LogP contribution in [-0.2, 0) is 0 Å². The van der Waals surface area contributed by atoms with Gasteiger partial charge in [0.25, 0.3) is 0 Å². The first-order chi connectivity index (χ1) is 8.02. The van der Waals surface area contributed by atoms with Crippen molar-refractivity contribution in [3.8, 4) is 28.4 Å². The Labute approximate surface area is 99.6 Å². The van der Waals surface area contributed by atoms with E-state index in [9.17, 15) is 15.3 Å². The Bertz CT molecular complexity index is 574. The Morgan fingerprint density at radius 1 is 0.765 bits per heavy atom. The van der Waals surface area contributed by atoms with Crippen molar-refractivity contribution in [1.82, 2.24) is 0 Å². The molecule has 0 aliphatic heterocycles. The topological polar surface area (TPSA) is 60.7 Å². The van der Waals surface area contributed by atoms with Gasteiger partial charge in [-0.25, -0.2) is 0 Å². The minimum atomic E-state index is -0.483. The molecule has 0 aliphatic carbocycles. The summed E-state index contributed by atoms with van der Waals surface area (Å²) in [7, 11) is 0. The molecule has 0 atom stereocenters. The summed E-state index contributed by atoms with van der Waals surface area (Å²) in [5.41, 5.74) is 3.50. The predicted octanol–water partition coefficient (Wildman–Crippen LogP) is 3.09. The molecule has 0 spiro atoms. The molecule has 17 heavy (non-hydrogen) atoms. The molecule has 0 bridgehead atoms. The van der Waals surface area contributed by atoms with E-state index in [1.807, 2.05) is 32.0 Å². The number of phenolic OH excluding ortho intramolecular Hbond substituents is 3. The van der Waals surface area contributed by atoms with Gasteiger partial charge in [0, 0.05) is 5.56 Å². The van der Waals surface area contributed by atoms with Crippen LogP contribution >= 0.6 is 0 Å². The molecular weight excluding hydrogens is 216 g/mol. The van der Waals surface area contributed by atoms with Crippen LogP contribution in [0.15, 0.2) is 30.3 Å². The molecule has 0 amide bonds. The molecule has 0 radical (unpaired) electrons. The summed E-state index contributed by atoms with van der Waals surface area (Å²) in [5.74, 6) is -1.10. The van der Waals surface area contributed by atoms with Crippen LogP contribution in [0.25, 0.3) is 11.1 Å². The van der Waals surface area contributed by atoms with Gasteiger partial charge in [-0.05, 0) is 42.7 Å². The van der Waals surface area contributed by atoms with Gasteiger partial charge in [0.15, 0.2) is 11.5 Å². The van der Waals surface area contributed by atoms with Crippen molar-refractivity contribution in [2.75, 3.05) is 0 Å². The summed E-state index contributed by atoms with van der Waals surface area (Å²) in [6, 6.07) is 8.70. The van der Waals surface area contributed by atoms with Crippen LogP contribution in [0, 0.1) is 13.8 Å². The molecule has 2 aromatic rings. The average molecular weight is 230 g/mol. The van der Waals surface area contributed by atoms with Crippen molar-refractivity contribution >= 4 is 0 Å². The summed E-state index contributed by atoms with van der Waals surface area (Å²) in [6.07, 6.45) is 0. The maximum atomic E-state index is 9.84. The fourth-order valence-corrected chi connectivity index (χ4v) is 1.83. The number of aromatic hydroxyl groups is 3. The van der Waals surface area contributed by atoms with E-state index in [-0.39, 0.29) is 11.5 Å². The summed E-state index contributed by atoms with van der Waals surface area (Å²) in [4.78, 5) is 0. The Morgan fingerprint density at radius 3 is 2.18 bits per heavy atom. The number of hydrogen-bond donors (Lipinski definition) is 3. The normalized spacial score (nSPS) is 10.5. The first kappa shape index (κ1) is 11.3. The lowest BCUT2D eigenvalue weighted by atomic mass is 9.96. The van der Waals surface area contributed by atoms with Gasteiger partial charge in [0.05, 0.1) is 0 Å². The van der Waals surface area contributed by atoms with E-state index in [1.54, 1.807) is 6.07 Å². The van der Waals surface area contributed by atoms with Crippen molar-refractivity contribution in [1.29, 1.82) is 0 Å². The van der Waals surface area contributed by atoms with Crippen molar-refractivity contribution in [3.63, 3.8) is 0 Å². The molecular formula is C14H14O3. The second kappa shape index (κ2) is 4.01. The third-order valence-electron chi connectivity index (χ3n) is 3.02.